The van der Waals surface area contributed by atoms with Gasteiger partial charge < -0.3 is 10.1 Å². The summed E-state index contributed by atoms with van der Waals surface area (Å²) in [4.78, 5) is 22.5. The zero-order valence-electron chi connectivity index (χ0n) is 12.9. The van der Waals surface area contributed by atoms with Crippen molar-refractivity contribution in [2.75, 3.05) is 13.2 Å². The molecule has 0 aliphatic carbocycles. The van der Waals surface area contributed by atoms with E-state index >= 15 is 0 Å². The van der Waals surface area contributed by atoms with Crippen LogP contribution in [0, 0.1) is 15.5 Å². The molecular weight excluding hydrogens is 272 g/mol. The molecule has 0 spiro atoms. The number of esters is 1. The monoisotopic (exact) mass is 294 g/mol. The fourth-order valence-electron chi connectivity index (χ4n) is 1.99. The van der Waals surface area contributed by atoms with Gasteiger partial charge in [0, 0.05) is 18.3 Å². The molecule has 0 saturated heterocycles. The van der Waals surface area contributed by atoms with Crippen molar-refractivity contribution in [3.05, 3.63) is 45.3 Å². The molecule has 0 unspecified atom stereocenters. The first-order chi connectivity index (χ1) is 9.82. The number of rotatable bonds is 6. The van der Waals surface area contributed by atoms with Crippen molar-refractivity contribution < 1.29 is 14.5 Å². The number of ether oxygens (including phenoxy) is 1. The Hall–Kier alpha value is -2.11. The third-order valence-electron chi connectivity index (χ3n) is 3.23. The molecule has 6 heteroatoms. The van der Waals surface area contributed by atoms with Crippen LogP contribution in [-0.2, 0) is 9.53 Å². The van der Waals surface area contributed by atoms with Gasteiger partial charge in [0.25, 0.3) is 5.70 Å². The lowest BCUT2D eigenvalue weighted by molar-refractivity contribution is -0.419. The van der Waals surface area contributed by atoms with Gasteiger partial charge in [-0.3, -0.25) is 14.9 Å². The minimum Gasteiger partial charge on any atom is -0.465 e. The van der Waals surface area contributed by atoms with Crippen molar-refractivity contribution >= 4 is 5.97 Å². The predicted molar refractivity (Wildman–Crippen MR) is 80.0 cm³/mol. The molecule has 0 atom stereocenters. The summed E-state index contributed by atoms with van der Waals surface area (Å²) in [6.45, 7) is 7.93. The molecule has 1 heterocycles. The average Bonchev–Trinajstić information content (AvgIpc) is 2.87. The van der Waals surface area contributed by atoms with E-state index in [-0.39, 0.29) is 11.7 Å². The van der Waals surface area contributed by atoms with Crippen LogP contribution in [-0.4, -0.2) is 24.0 Å². The van der Waals surface area contributed by atoms with Gasteiger partial charge in [0.1, 0.15) is 5.41 Å². The van der Waals surface area contributed by atoms with E-state index < -0.39 is 10.3 Å². The molecule has 0 bridgehead atoms. The number of carbonyl (C=O) groups excluding carboxylic acids is 1. The Balaban J connectivity index is 2.99. The summed E-state index contributed by atoms with van der Waals surface area (Å²) < 4.78 is 5.05. The Morgan fingerprint density at radius 1 is 1.52 bits per heavy atom. The fourth-order valence-corrected chi connectivity index (χ4v) is 1.99. The van der Waals surface area contributed by atoms with Crippen molar-refractivity contribution in [1.29, 1.82) is 0 Å². The number of allylic oxidation sites excluding steroid dienone is 2. The molecule has 0 aromatic heterocycles. The van der Waals surface area contributed by atoms with Crippen molar-refractivity contribution in [2.45, 2.75) is 34.1 Å². The van der Waals surface area contributed by atoms with Gasteiger partial charge in [-0.2, -0.15) is 0 Å². The van der Waals surface area contributed by atoms with E-state index in [1.807, 2.05) is 6.92 Å². The van der Waals surface area contributed by atoms with Crippen LogP contribution in [0.2, 0.25) is 0 Å². The van der Waals surface area contributed by atoms with Crippen LogP contribution >= 0.6 is 0 Å². The largest absolute Gasteiger partial charge is 0.465 e. The normalized spacial score (nSPS) is 17.4. The van der Waals surface area contributed by atoms with Gasteiger partial charge in [-0.15, -0.1) is 0 Å². The van der Waals surface area contributed by atoms with Gasteiger partial charge in [0.2, 0.25) is 0 Å². The summed E-state index contributed by atoms with van der Waals surface area (Å²) in [5.41, 5.74) is 0.764. The molecule has 116 valence electrons. The third-order valence-corrected chi connectivity index (χ3v) is 3.23. The van der Waals surface area contributed by atoms with Gasteiger partial charge in [-0.05, 0) is 44.9 Å². The lowest BCUT2D eigenvalue weighted by Crippen LogP contribution is -2.33. The second-order valence-corrected chi connectivity index (χ2v) is 5.27. The van der Waals surface area contributed by atoms with Crippen LogP contribution in [0.4, 0.5) is 0 Å². The Bertz CT molecular complexity index is 516. The van der Waals surface area contributed by atoms with Gasteiger partial charge in [0.15, 0.2) is 0 Å². The summed E-state index contributed by atoms with van der Waals surface area (Å²) >= 11 is 0. The number of nitrogens with zero attached hydrogens (tertiary/aromatic N) is 1. The first-order valence-corrected chi connectivity index (χ1v) is 7.01. The molecule has 0 fully saturated rings. The highest BCUT2D eigenvalue weighted by Crippen LogP contribution is 2.30. The van der Waals surface area contributed by atoms with Crippen LogP contribution in [0.3, 0.4) is 0 Å². The molecule has 0 aromatic carbocycles. The quantitative estimate of drug-likeness (QED) is 0.462. The molecule has 0 aromatic rings. The third kappa shape index (κ3) is 4.18. The summed E-state index contributed by atoms with van der Waals surface area (Å²) in [6, 6.07) is 0. The zero-order valence-corrected chi connectivity index (χ0v) is 12.9. The summed E-state index contributed by atoms with van der Waals surface area (Å²) in [5, 5.41) is 14.0. The number of hydrogen-bond acceptors (Lipinski definition) is 5. The van der Waals surface area contributed by atoms with Crippen molar-refractivity contribution in [3.63, 3.8) is 0 Å². The fraction of sp³-hybridized carbons (Fsp3) is 0.533. The van der Waals surface area contributed by atoms with Gasteiger partial charge >= 0.3 is 5.97 Å². The molecule has 1 aliphatic heterocycles. The molecule has 0 amide bonds. The molecule has 21 heavy (non-hydrogen) atoms. The SMILES string of the molecule is CC/C=C(\C=C1\C=C(C(C)(C)C(=O)OCC)NC1)[N+](=O)[O-]. The van der Waals surface area contributed by atoms with Gasteiger partial charge in [0.05, 0.1) is 11.5 Å². The molecule has 0 saturated carbocycles. The maximum Gasteiger partial charge on any atom is 0.317 e. The molecular formula is C15H22N2O4. The first-order valence-electron chi connectivity index (χ1n) is 7.01. The van der Waals surface area contributed by atoms with Gasteiger partial charge in [-0.25, -0.2) is 0 Å². The van der Waals surface area contributed by atoms with Crippen molar-refractivity contribution in [3.8, 4) is 0 Å². The average molecular weight is 294 g/mol. The highest BCUT2D eigenvalue weighted by Gasteiger charge is 2.35. The summed E-state index contributed by atoms with van der Waals surface area (Å²) in [5.74, 6) is -0.316. The number of nitro groups is 1. The Morgan fingerprint density at radius 3 is 2.71 bits per heavy atom. The molecule has 1 rings (SSSR count). The lowest BCUT2D eigenvalue weighted by atomic mass is 9.89. The van der Waals surface area contributed by atoms with E-state index in [2.05, 4.69) is 5.32 Å². The maximum atomic E-state index is 11.9. The second kappa shape index (κ2) is 7.06. The smallest absolute Gasteiger partial charge is 0.317 e. The highest BCUT2D eigenvalue weighted by molar-refractivity contribution is 5.80. The first kappa shape index (κ1) is 16.9. The van der Waals surface area contributed by atoms with Gasteiger partial charge in [-0.1, -0.05) is 6.92 Å². The number of nitrogens with one attached hydrogen (secondary N) is 1. The standard InChI is InChI=1S/C15H22N2O4/c1-5-7-12(17(19)20)8-11-9-13(16-10-11)15(3,4)14(18)21-6-2/h7-9,16H,5-6,10H2,1-4H3/b11-8-,12-7+. The Kier molecular flexibility index (Phi) is 5.69. The van der Waals surface area contributed by atoms with E-state index in [1.54, 1.807) is 32.9 Å². The Labute approximate surface area is 124 Å². The topological polar surface area (TPSA) is 81.5 Å². The molecule has 1 N–H and O–H groups in total. The van der Waals surface area contributed by atoms with Crippen molar-refractivity contribution in [2.24, 2.45) is 5.41 Å². The van der Waals surface area contributed by atoms with Crippen LogP contribution < -0.4 is 5.32 Å². The molecule has 1 aliphatic rings. The second-order valence-electron chi connectivity index (χ2n) is 5.27. The van der Waals surface area contributed by atoms with E-state index in [9.17, 15) is 14.9 Å². The summed E-state index contributed by atoms with van der Waals surface area (Å²) in [7, 11) is 0. The lowest BCUT2D eigenvalue weighted by Gasteiger charge is -2.23. The van der Waals surface area contributed by atoms with Crippen LogP contribution in [0.5, 0.6) is 0 Å². The summed E-state index contributed by atoms with van der Waals surface area (Å²) in [6.07, 6.45) is 5.47. The maximum absolute atomic E-state index is 11.9. The van der Waals surface area contributed by atoms with E-state index in [4.69, 9.17) is 4.74 Å². The van der Waals surface area contributed by atoms with Crippen LogP contribution in [0.15, 0.2) is 35.2 Å². The molecule has 0 radical (unpaired) electrons. The van der Waals surface area contributed by atoms with Crippen LogP contribution in [0.1, 0.15) is 34.1 Å². The van der Waals surface area contributed by atoms with Crippen molar-refractivity contribution in [1.82, 2.24) is 5.32 Å². The number of carbonyl (C=O) groups is 1. The minimum atomic E-state index is -0.797. The van der Waals surface area contributed by atoms with E-state index in [0.29, 0.717) is 25.3 Å². The zero-order chi connectivity index (χ0) is 16.0. The predicted octanol–water partition coefficient (Wildman–Crippen LogP) is 2.56. The molecule has 6 nitrogen and oxygen atoms in total. The van der Waals surface area contributed by atoms with Crippen LogP contribution in [0.25, 0.3) is 0 Å². The van der Waals surface area contributed by atoms with E-state index in [0.717, 1.165) is 5.57 Å². The minimum absolute atomic E-state index is 0.0701. The van der Waals surface area contributed by atoms with E-state index in [1.165, 1.54) is 6.08 Å². The highest BCUT2D eigenvalue weighted by atomic mass is 16.6. The number of hydrogen-bond donors (Lipinski definition) is 1. The Morgan fingerprint density at radius 2 is 2.19 bits per heavy atom.